The van der Waals surface area contributed by atoms with Gasteiger partial charge < -0.3 is 14.5 Å². The zero-order valence-corrected chi connectivity index (χ0v) is 12.8. The van der Waals surface area contributed by atoms with E-state index in [2.05, 4.69) is 19.2 Å². The minimum atomic E-state index is -0.843. The zero-order chi connectivity index (χ0) is 15.9. The van der Waals surface area contributed by atoms with Crippen LogP contribution in [-0.2, 0) is 11.3 Å². The Bertz CT molecular complexity index is 570. The minimum Gasteiger partial charge on any atom is -0.468 e. The van der Waals surface area contributed by atoms with Gasteiger partial charge in [-0.25, -0.2) is 8.78 Å². The van der Waals surface area contributed by atoms with Crippen LogP contribution in [0.3, 0.4) is 0 Å². The fraction of sp³-hybridized carbons (Fsp3) is 0.412. The molecule has 3 nitrogen and oxygen atoms in total. The van der Waals surface area contributed by atoms with Gasteiger partial charge in [-0.2, -0.15) is 0 Å². The monoisotopic (exact) mass is 309 g/mol. The van der Waals surface area contributed by atoms with Crippen LogP contribution in [0, 0.1) is 17.6 Å². The highest BCUT2D eigenvalue weighted by Gasteiger charge is 2.15. The number of benzene rings is 1. The van der Waals surface area contributed by atoms with Crippen LogP contribution in [-0.4, -0.2) is 13.2 Å². The van der Waals surface area contributed by atoms with Crippen molar-refractivity contribution >= 4 is 0 Å². The predicted octanol–water partition coefficient (Wildman–Crippen LogP) is 4.06. The van der Waals surface area contributed by atoms with Crippen molar-refractivity contribution < 1.29 is 17.9 Å². The molecule has 0 radical (unpaired) electrons. The first-order valence-corrected chi connectivity index (χ1v) is 7.34. The lowest BCUT2D eigenvalue weighted by Crippen LogP contribution is -2.25. The summed E-state index contributed by atoms with van der Waals surface area (Å²) in [6, 6.07) is 7.41. The van der Waals surface area contributed by atoms with Crippen LogP contribution in [0.15, 0.2) is 41.0 Å². The van der Waals surface area contributed by atoms with Gasteiger partial charge in [-0.05, 0) is 35.7 Å². The molecule has 120 valence electrons. The molecule has 0 aliphatic heterocycles. The molecule has 1 heterocycles. The molecule has 0 bridgehead atoms. The molecule has 0 amide bonds. The smallest absolute Gasteiger partial charge is 0.159 e. The van der Waals surface area contributed by atoms with Gasteiger partial charge in [0.05, 0.1) is 18.9 Å². The van der Waals surface area contributed by atoms with E-state index in [1.54, 1.807) is 12.3 Å². The second-order valence-corrected chi connectivity index (χ2v) is 5.63. The van der Waals surface area contributed by atoms with Crippen LogP contribution in [0.4, 0.5) is 8.78 Å². The van der Waals surface area contributed by atoms with Gasteiger partial charge in [0.15, 0.2) is 11.6 Å². The van der Waals surface area contributed by atoms with Crippen molar-refractivity contribution in [2.75, 3.05) is 13.2 Å². The maximum absolute atomic E-state index is 13.2. The molecule has 1 aromatic carbocycles. The van der Waals surface area contributed by atoms with Crippen LogP contribution >= 0.6 is 0 Å². The highest BCUT2D eigenvalue weighted by molar-refractivity contribution is 5.18. The summed E-state index contributed by atoms with van der Waals surface area (Å²) in [6.45, 7) is 5.67. The van der Waals surface area contributed by atoms with Crippen molar-refractivity contribution in [1.29, 1.82) is 0 Å². The number of nitrogens with one attached hydrogen (secondary N) is 1. The summed E-state index contributed by atoms with van der Waals surface area (Å²) in [7, 11) is 0. The minimum absolute atomic E-state index is 0.137. The molecular weight excluding hydrogens is 288 g/mol. The standard InChI is InChI=1S/C17H21F2NO2/c1-12(2)10-21-11-16(17-4-3-7-22-17)20-9-13-5-6-14(18)15(19)8-13/h3-8,12,16,20H,9-11H2,1-2H3. The third-order valence-electron chi connectivity index (χ3n) is 3.16. The first-order valence-electron chi connectivity index (χ1n) is 7.34. The van der Waals surface area contributed by atoms with Gasteiger partial charge in [0, 0.05) is 13.2 Å². The van der Waals surface area contributed by atoms with Crippen molar-refractivity contribution in [2.45, 2.75) is 26.4 Å². The lowest BCUT2D eigenvalue weighted by Gasteiger charge is -2.18. The van der Waals surface area contributed by atoms with E-state index < -0.39 is 11.6 Å². The van der Waals surface area contributed by atoms with E-state index in [9.17, 15) is 8.78 Å². The largest absolute Gasteiger partial charge is 0.468 e. The fourth-order valence-electron chi connectivity index (χ4n) is 2.04. The quantitative estimate of drug-likeness (QED) is 0.798. The Morgan fingerprint density at radius 1 is 1.14 bits per heavy atom. The lowest BCUT2D eigenvalue weighted by molar-refractivity contribution is 0.0844. The normalized spacial score (nSPS) is 12.8. The fourth-order valence-corrected chi connectivity index (χ4v) is 2.04. The second kappa shape index (κ2) is 8.06. The highest BCUT2D eigenvalue weighted by Crippen LogP contribution is 2.16. The Hall–Kier alpha value is -1.72. The van der Waals surface area contributed by atoms with Crippen molar-refractivity contribution in [3.63, 3.8) is 0 Å². The average molecular weight is 309 g/mol. The number of halogens is 2. The molecular formula is C17H21F2NO2. The van der Waals surface area contributed by atoms with Gasteiger partial charge >= 0.3 is 0 Å². The second-order valence-electron chi connectivity index (χ2n) is 5.63. The molecule has 0 saturated carbocycles. The third kappa shape index (κ3) is 4.93. The molecule has 1 unspecified atom stereocenters. The van der Waals surface area contributed by atoms with Gasteiger partial charge in [0.1, 0.15) is 5.76 Å². The van der Waals surface area contributed by atoms with E-state index >= 15 is 0 Å². The molecule has 1 atom stereocenters. The summed E-state index contributed by atoms with van der Waals surface area (Å²) in [5.41, 5.74) is 0.666. The highest BCUT2D eigenvalue weighted by atomic mass is 19.2. The Morgan fingerprint density at radius 3 is 2.59 bits per heavy atom. The summed E-state index contributed by atoms with van der Waals surface area (Å²) < 4.78 is 37.2. The van der Waals surface area contributed by atoms with Crippen LogP contribution in [0.5, 0.6) is 0 Å². The summed E-state index contributed by atoms with van der Waals surface area (Å²) in [5.74, 6) is -0.480. The van der Waals surface area contributed by atoms with Crippen molar-refractivity contribution in [3.05, 3.63) is 59.6 Å². The summed E-state index contributed by atoms with van der Waals surface area (Å²) in [4.78, 5) is 0. The van der Waals surface area contributed by atoms with Crippen LogP contribution in [0.1, 0.15) is 31.2 Å². The van der Waals surface area contributed by atoms with Gasteiger partial charge in [0.2, 0.25) is 0 Å². The van der Waals surface area contributed by atoms with Crippen molar-refractivity contribution in [1.82, 2.24) is 5.32 Å². The van der Waals surface area contributed by atoms with Gasteiger partial charge in [-0.15, -0.1) is 0 Å². The van der Waals surface area contributed by atoms with Crippen LogP contribution in [0.2, 0.25) is 0 Å². The van der Waals surface area contributed by atoms with Crippen LogP contribution < -0.4 is 5.32 Å². The molecule has 2 rings (SSSR count). The Morgan fingerprint density at radius 2 is 1.95 bits per heavy atom. The van der Waals surface area contributed by atoms with Crippen LogP contribution in [0.25, 0.3) is 0 Å². The molecule has 0 saturated heterocycles. The molecule has 1 N–H and O–H groups in total. The maximum Gasteiger partial charge on any atom is 0.159 e. The summed E-state index contributed by atoms with van der Waals surface area (Å²) in [5, 5.41) is 3.25. The number of ether oxygens (including phenoxy) is 1. The zero-order valence-electron chi connectivity index (χ0n) is 12.8. The Kier molecular flexibility index (Phi) is 6.10. The predicted molar refractivity (Wildman–Crippen MR) is 80.3 cm³/mol. The molecule has 1 aromatic heterocycles. The first kappa shape index (κ1) is 16.6. The number of hydrogen-bond acceptors (Lipinski definition) is 3. The Balaban J connectivity index is 1.95. The average Bonchev–Trinajstić information content (AvgIpc) is 3.00. The van der Waals surface area contributed by atoms with Crippen molar-refractivity contribution in [3.8, 4) is 0 Å². The molecule has 22 heavy (non-hydrogen) atoms. The molecule has 0 fully saturated rings. The van der Waals surface area contributed by atoms with E-state index in [0.29, 0.717) is 31.2 Å². The van der Waals surface area contributed by atoms with Gasteiger partial charge in [-0.3, -0.25) is 0 Å². The van der Waals surface area contributed by atoms with E-state index in [1.807, 2.05) is 12.1 Å². The topological polar surface area (TPSA) is 34.4 Å². The third-order valence-corrected chi connectivity index (χ3v) is 3.16. The molecule has 0 aliphatic rings. The number of furan rings is 1. The molecule has 2 aromatic rings. The lowest BCUT2D eigenvalue weighted by atomic mass is 10.1. The number of hydrogen-bond donors (Lipinski definition) is 1. The van der Waals surface area contributed by atoms with E-state index in [-0.39, 0.29) is 6.04 Å². The van der Waals surface area contributed by atoms with Gasteiger partial charge in [0.25, 0.3) is 0 Å². The summed E-state index contributed by atoms with van der Waals surface area (Å²) >= 11 is 0. The maximum atomic E-state index is 13.2. The van der Waals surface area contributed by atoms with E-state index in [4.69, 9.17) is 9.15 Å². The molecule has 0 spiro atoms. The van der Waals surface area contributed by atoms with Gasteiger partial charge in [-0.1, -0.05) is 19.9 Å². The van der Waals surface area contributed by atoms with Crippen molar-refractivity contribution in [2.24, 2.45) is 5.92 Å². The molecule has 5 heteroatoms. The molecule has 0 aliphatic carbocycles. The Labute approximate surface area is 129 Å². The number of rotatable bonds is 8. The SMILES string of the molecule is CC(C)COCC(NCc1ccc(F)c(F)c1)c1ccco1. The summed E-state index contributed by atoms with van der Waals surface area (Å²) in [6.07, 6.45) is 1.60. The van der Waals surface area contributed by atoms with E-state index in [1.165, 1.54) is 6.07 Å². The van der Waals surface area contributed by atoms with E-state index in [0.717, 1.165) is 11.8 Å². The first-order chi connectivity index (χ1) is 10.6.